The number of anilines is 1. The molecule has 0 spiro atoms. The Labute approximate surface area is 101 Å². The highest BCUT2D eigenvalue weighted by Crippen LogP contribution is 2.27. The summed E-state index contributed by atoms with van der Waals surface area (Å²) in [5.74, 6) is 0. The van der Waals surface area contributed by atoms with Crippen molar-refractivity contribution in [3.8, 4) is 6.07 Å². The van der Waals surface area contributed by atoms with Crippen LogP contribution < -0.4 is 4.90 Å². The van der Waals surface area contributed by atoms with Crippen molar-refractivity contribution in [2.24, 2.45) is 0 Å². The van der Waals surface area contributed by atoms with Crippen LogP contribution in [0.3, 0.4) is 0 Å². The molecule has 1 rings (SSSR count). The summed E-state index contributed by atoms with van der Waals surface area (Å²) in [6, 6.07) is 7.77. The molecule has 1 aromatic carbocycles. The topological polar surface area (TPSA) is 36.3 Å². The fraction of sp³-hybridized carbons (Fsp3) is 0.417. The van der Waals surface area contributed by atoms with Crippen molar-refractivity contribution in [3.63, 3.8) is 0 Å². The van der Waals surface area contributed by atoms with Crippen LogP contribution >= 0.6 is 11.6 Å². The molecule has 16 heavy (non-hydrogen) atoms. The van der Waals surface area contributed by atoms with Crippen molar-refractivity contribution < 1.29 is 4.74 Å². The smallest absolute Gasteiger partial charge is 0.103 e. The molecule has 0 heterocycles. The van der Waals surface area contributed by atoms with E-state index in [1.165, 1.54) is 0 Å². The maximum Gasteiger partial charge on any atom is 0.103 e. The minimum Gasteiger partial charge on any atom is -0.383 e. The zero-order chi connectivity index (χ0) is 12.1. The number of hydrogen-bond acceptors (Lipinski definition) is 3. The molecule has 0 fully saturated rings. The van der Waals surface area contributed by atoms with Gasteiger partial charge in [0.25, 0.3) is 0 Å². The van der Waals surface area contributed by atoms with Gasteiger partial charge in [0.1, 0.15) is 6.07 Å². The third kappa shape index (κ3) is 2.66. The van der Waals surface area contributed by atoms with Gasteiger partial charge >= 0.3 is 0 Å². The van der Waals surface area contributed by atoms with E-state index in [9.17, 15) is 0 Å². The van der Waals surface area contributed by atoms with E-state index in [-0.39, 0.29) is 6.04 Å². The van der Waals surface area contributed by atoms with Crippen molar-refractivity contribution in [2.45, 2.75) is 13.0 Å². The minimum atomic E-state index is 0.190. The second-order valence-electron chi connectivity index (χ2n) is 3.66. The lowest BCUT2D eigenvalue weighted by molar-refractivity contribution is 0.183. The van der Waals surface area contributed by atoms with E-state index in [0.717, 1.165) is 5.69 Å². The molecule has 3 nitrogen and oxygen atoms in total. The largest absolute Gasteiger partial charge is 0.383 e. The molecule has 0 saturated carbocycles. The van der Waals surface area contributed by atoms with E-state index in [4.69, 9.17) is 21.6 Å². The number of ether oxygens (including phenoxy) is 1. The Morgan fingerprint density at radius 3 is 2.81 bits per heavy atom. The molecular formula is C12H15ClN2O. The van der Waals surface area contributed by atoms with E-state index in [0.29, 0.717) is 17.2 Å². The van der Waals surface area contributed by atoms with Crippen molar-refractivity contribution in [2.75, 3.05) is 25.7 Å². The molecular weight excluding hydrogens is 224 g/mol. The highest BCUT2D eigenvalue weighted by atomic mass is 35.5. The maximum atomic E-state index is 9.07. The lowest BCUT2D eigenvalue weighted by Crippen LogP contribution is -2.33. The predicted octanol–water partition coefficient (Wildman–Crippen LogP) is 2.68. The number of hydrogen-bond donors (Lipinski definition) is 0. The first-order valence-electron chi connectivity index (χ1n) is 5.02. The molecule has 4 heteroatoms. The van der Waals surface area contributed by atoms with Crippen LogP contribution in [0.15, 0.2) is 18.2 Å². The first-order chi connectivity index (χ1) is 7.61. The van der Waals surface area contributed by atoms with Crippen molar-refractivity contribution >= 4 is 17.3 Å². The van der Waals surface area contributed by atoms with E-state index in [1.807, 2.05) is 31.0 Å². The zero-order valence-corrected chi connectivity index (χ0v) is 10.5. The van der Waals surface area contributed by atoms with Gasteiger partial charge in [0.2, 0.25) is 0 Å². The molecule has 1 unspecified atom stereocenters. The number of rotatable bonds is 4. The summed E-state index contributed by atoms with van der Waals surface area (Å²) >= 11 is 5.97. The first-order valence-corrected chi connectivity index (χ1v) is 5.40. The quantitative estimate of drug-likeness (QED) is 0.809. The Morgan fingerprint density at radius 2 is 2.25 bits per heavy atom. The summed E-state index contributed by atoms with van der Waals surface area (Å²) in [6.07, 6.45) is 0. The third-order valence-electron chi connectivity index (χ3n) is 2.55. The summed E-state index contributed by atoms with van der Waals surface area (Å²) in [6.45, 7) is 2.64. The molecule has 1 atom stereocenters. The maximum absolute atomic E-state index is 9.07. The fourth-order valence-corrected chi connectivity index (χ4v) is 1.72. The van der Waals surface area contributed by atoms with Gasteiger partial charge < -0.3 is 9.64 Å². The second kappa shape index (κ2) is 5.74. The number of halogens is 1. The molecule has 0 aromatic heterocycles. The molecule has 0 saturated heterocycles. The van der Waals surface area contributed by atoms with Crippen LogP contribution in [0.2, 0.25) is 5.02 Å². The van der Waals surface area contributed by atoms with E-state index < -0.39 is 0 Å². The molecule has 0 aliphatic rings. The zero-order valence-electron chi connectivity index (χ0n) is 9.70. The minimum absolute atomic E-state index is 0.190. The SMILES string of the molecule is COCC(C)N(C)c1cccc(Cl)c1C#N. The van der Waals surface area contributed by atoms with Gasteiger partial charge in [-0.1, -0.05) is 17.7 Å². The summed E-state index contributed by atoms with van der Waals surface area (Å²) in [4.78, 5) is 1.99. The number of nitrogens with zero attached hydrogens (tertiary/aromatic N) is 2. The van der Waals surface area contributed by atoms with E-state index in [2.05, 4.69) is 6.07 Å². The summed E-state index contributed by atoms with van der Waals surface area (Å²) in [5, 5.41) is 9.55. The molecule has 0 aliphatic carbocycles. The number of methoxy groups -OCH3 is 1. The standard InChI is InChI=1S/C12H15ClN2O/c1-9(8-16-3)15(2)12-6-4-5-11(13)10(12)7-14/h4-6,9H,8H2,1-3H3. The normalized spacial score (nSPS) is 11.9. The molecule has 0 bridgehead atoms. The Balaban J connectivity index is 3.04. The van der Waals surface area contributed by atoms with Crippen LogP contribution in [-0.2, 0) is 4.74 Å². The van der Waals surface area contributed by atoms with Gasteiger partial charge in [-0.05, 0) is 19.1 Å². The summed E-state index contributed by atoms with van der Waals surface area (Å²) in [7, 11) is 3.59. The molecule has 1 aromatic rings. The Hall–Kier alpha value is -1.24. The van der Waals surface area contributed by atoms with Crippen molar-refractivity contribution in [1.82, 2.24) is 0 Å². The monoisotopic (exact) mass is 238 g/mol. The van der Waals surface area contributed by atoms with Crippen molar-refractivity contribution in [3.05, 3.63) is 28.8 Å². The highest BCUT2D eigenvalue weighted by Gasteiger charge is 2.15. The lowest BCUT2D eigenvalue weighted by atomic mass is 10.1. The van der Waals surface area contributed by atoms with Gasteiger partial charge in [0.15, 0.2) is 0 Å². The van der Waals surface area contributed by atoms with E-state index in [1.54, 1.807) is 13.2 Å². The molecule has 86 valence electrons. The number of nitriles is 1. The average molecular weight is 239 g/mol. The van der Waals surface area contributed by atoms with Gasteiger partial charge in [-0.25, -0.2) is 0 Å². The summed E-state index contributed by atoms with van der Waals surface area (Å²) in [5.41, 5.74) is 1.34. The number of likely N-dealkylation sites (N-methyl/N-ethyl adjacent to an activating group) is 1. The van der Waals surface area contributed by atoms with Crippen LogP contribution in [0, 0.1) is 11.3 Å². The second-order valence-corrected chi connectivity index (χ2v) is 4.07. The Morgan fingerprint density at radius 1 is 1.56 bits per heavy atom. The molecule has 0 N–H and O–H groups in total. The van der Waals surface area contributed by atoms with Crippen molar-refractivity contribution in [1.29, 1.82) is 5.26 Å². The van der Waals surface area contributed by atoms with Crippen LogP contribution in [-0.4, -0.2) is 26.8 Å². The highest BCUT2D eigenvalue weighted by molar-refractivity contribution is 6.32. The van der Waals surface area contributed by atoms with Crippen LogP contribution in [0.4, 0.5) is 5.69 Å². The molecule has 0 radical (unpaired) electrons. The fourth-order valence-electron chi connectivity index (χ4n) is 1.51. The average Bonchev–Trinajstić information content (AvgIpc) is 2.28. The van der Waals surface area contributed by atoms with Crippen LogP contribution in [0.25, 0.3) is 0 Å². The van der Waals surface area contributed by atoms with Gasteiger partial charge in [-0.15, -0.1) is 0 Å². The molecule has 0 aliphatic heterocycles. The van der Waals surface area contributed by atoms with Crippen LogP contribution in [0.1, 0.15) is 12.5 Å². The van der Waals surface area contributed by atoms with Gasteiger partial charge in [0, 0.05) is 20.2 Å². The predicted molar refractivity (Wildman–Crippen MR) is 65.9 cm³/mol. The number of benzene rings is 1. The van der Waals surface area contributed by atoms with Gasteiger partial charge in [0.05, 0.1) is 22.9 Å². The first kappa shape index (κ1) is 12.8. The Kier molecular flexibility index (Phi) is 4.60. The Bertz CT molecular complexity index is 400. The third-order valence-corrected chi connectivity index (χ3v) is 2.87. The van der Waals surface area contributed by atoms with Gasteiger partial charge in [-0.2, -0.15) is 5.26 Å². The lowest BCUT2D eigenvalue weighted by Gasteiger charge is -2.27. The van der Waals surface area contributed by atoms with E-state index >= 15 is 0 Å². The molecule has 0 amide bonds. The van der Waals surface area contributed by atoms with Crippen LogP contribution in [0.5, 0.6) is 0 Å². The van der Waals surface area contributed by atoms with Gasteiger partial charge in [-0.3, -0.25) is 0 Å². The summed E-state index contributed by atoms with van der Waals surface area (Å²) < 4.78 is 5.09.